The van der Waals surface area contributed by atoms with E-state index in [1.54, 1.807) is 0 Å². The van der Waals surface area contributed by atoms with Gasteiger partial charge in [0.05, 0.1) is 6.54 Å². The third kappa shape index (κ3) is 5.04. The number of imidazole rings is 1. The zero-order chi connectivity index (χ0) is 24.0. The summed E-state index contributed by atoms with van der Waals surface area (Å²) in [5.74, 6) is 0. The van der Waals surface area contributed by atoms with Gasteiger partial charge in [-0.2, -0.15) is 0 Å². The number of rotatable bonds is 7. The van der Waals surface area contributed by atoms with Gasteiger partial charge in [0.15, 0.2) is 5.54 Å². The summed E-state index contributed by atoms with van der Waals surface area (Å²) in [4.78, 5) is 12.0. The van der Waals surface area contributed by atoms with Gasteiger partial charge in [-0.25, -0.2) is 13.9 Å². The van der Waals surface area contributed by atoms with Crippen molar-refractivity contribution in [2.24, 2.45) is 0 Å². The number of aromatic nitrogens is 2. The molecule has 4 rings (SSSR count). The van der Waals surface area contributed by atoms with E-state index in [9.17, 15) is 4.79 Å². The largest absolute Gasteiger partial charge is 0.444 e. The van der Waals surface area contributed by atoms with Gasteiger partial charge in [0.1, 0.15) is 24.5 Å². The summed E-state index contributed by atoms with van der Waals surface area (Å²) in [6, 6.07) is 31.7. The molecule has 5 heteroatoms. The Balaban J connectivity index is 1.72. The molecule has 1 heterocycles. The molecule has 0 spiro atoms. The molecule has 4 aromatic rings. The summed E-state index contributed by atoms with van der Waals surface area (Å²) < 4.78 is 9.68. The van der Waals surface area contributed by atoms with Gasteiger partial charge in [0.25, 0.3) is 0 Å². The van der Waals surface area contributed by atoms with E-state index in [1.165, 1.54) is 16.7 Å². The van der Waals surface area contributed by atoms with Gasteiger partial charge in [0, 0.05) is 16.7 Å². The molecule has 3 aromatic carbocycles. The number of nitrogens with zero attached hydrogens (tertiary/aromatic N) is 2. The van der Waals surface area contributed by atoms with E-state index in [0.717, 1.165) is 0 Å². The predicted octanol–water partition coefficient (Wildman–Crippen LogP) is 5.14. The molecular weight excluding hydrogens is 422 g/mol. The van der Waals surface area contributed by atoms with Crippen molar-refractivity contribution in [2.75, 3.05) is 6.54 Å². The normalized spacial score (nSPS) is 11.7. The lowest BCUT2D eigenvalue weighted by Crippen LogP contribution is -2.42. The first kappa shape index (κ1) is 23.3. The fourth-order valence-corrected chi connectivity index (χ4v) is 4.31. The zero-order valence-corrected chi connectivity index (χ0v) is 20.0. The van der Waals surface area contributed by atoms with E-state index < -0.39 is 17.2 Å². The minimum Gasteiger partial charge on any atom is -0.444 e. The number of hydrogen-bond acceptors (Lipinski definition) is 2. The Labute approximate surface area is 201 Å². The van der Waals surface area contributed by atoms with E-state index in [0.29, 0.717) is 13.1 Å². The van der Waals surface area contributed by atoms with Crippen LogP contribution in [0.4, 0.5) is 4.79 Å². The summed E-state index contributed by atoms with van der Waals surface area (Å²) in [6.45, 7) is 6.67. The van der Waals surface area contributed by atoms with Crippen molar-refractivity contribution in [1.82, 2.24) is 9.88 Å². The molecule has 1 N–H and O–H groups in total. The molecule has 5 nitrogen and oxygen atoms in total. The molecule has 0 bridgehead atoms. The third-order valence-corrected chi connectivity index (χ3v) is 5.69. The van der Waals surface area contributed by atoms with Crippen LogP contribution in [0.1, 0.15) is 37.5 Å². The second kappa shape index (κ2) is 9.96. The van der Waals surface area contributed by atoms with E-state index in [-0.39, 0.29) is 0 Å². The van der Waals surface area contributed by atoms with Crippen LogP contribution in [0.25, 0.3) is 0 Å². The zero-order valence-electron chi connectivity index (χ0n) is 20.0. The molecule has 0 aliphatic carbocycles. The minimum absolute atomic E-state index is 0.403. The standard InChI is InChI=1S/C29H31N3O2/c1-28(2,3)34-27(33)30-19-20-31-21-22-32(23-31)29(24-13-7-4-8-14-24,25-15-9-5-10-16-25)26-17-11-6-12-18-26/h4-18,21-23H,19-20H2,1-3H3/p+1. The maximum Gasteiger partial charge on any atom is 0.407 e. The number of ether oxygens (including phenoxy) is 1. The molecule has 1 amide bonds. The van der Waals surface area contributed by atoms with Crippen LogP contribution in [0.15, 0.2) is 110 Å². The molecule has 0 saturated heterocycles. The van der Waals surface area contributed by atoms with Crippen LogP contribution in [0, 0.1) is 0 Å². The molecule has 0 aliphatic rings. The summed E-state index contributed by atoms with van der Waals surface area (Å²) in [7, 11) is 0. The Kier molecular flexibility index (Phi) is 6.82. The van der Waals surface area contributed by atoms with Crippen molar-refractivity contribution >= 4 is 6.09 Å². The molecule has 174 valence electrons. The number of alkyl carbamates (subject to hydrolysis) is 1. The van der Waals surface area contributed by atoms with Gasteiger partial charge >= 0.3 is 6.09 Å². The van der Waals surface area contributed by atoms with E-state index in [1.807, 2.05) is 45.2 Å². The predicted molar refractivity (Wildman–Crippen MR) is 133 cm³/mol. The van der Waals surface area contributed by atoms with Crippen LogP contribution in [0.2, 0.25) is 0 Å². The quantitative estimate of drug-likeness (QED) is 0.310. The van der Waals surface area contributed by atoms with E-state index >= 15 is 0 Å². The highest BCUT2D eigenvalue weighted by molar-refractivity contribution is 5.67. The number of nitrogens with one attached hydrogen (secondary N) is 1. The van der Waals surface area contributed by atoms with E-state index in [2.05, 4.69) is 99.8 Å². The lowest BCUT2D eigenvalue weighted by molar-refractivity contribution is -0.694. The molecule has 34 heavy (non-hydrogen) atoms. The van der Waals surface area contributed by atoms with Crippen molar-refractivity contribution in [3.8, 4) is 0 Å². The maximum absolute atomic E-state index is 12.0. The van der Waals surface area contributed by atoms with Crippen molar-refractivity contribution < 1.29 is 14.1 Å². The number of benzene rings is 3. The maximum atomic E-state index is 12.0. The molecule has 0 atom stereocenters. The Morgan fingerprint density at radius 3 is 1.74 bits per heavy atom. The average molecular weight is 455 g/mol. The van der Waals surface area contributed by atoms with Crippen molar-refractivity contribution in [1.29, 1.82) is 0 Å². The Morgan fingerprint density at radius 1 is 0.824 bits per heavy atom. The van der Waals surface area contributed by atoms with Crippen LogP contribution in [-0.2, 0) is 16.8 Å². The SMILES string of the molecule is CC(C)(C)OC(=O)NCC[n+]1ccn(C(c2ccccc2)(c2ccccc2)c2ccccc2)c1. The van der Waals surface area contributed by atoms with Crippen LogP contribution in [-0.4, -0.2) is 22.8 Å². The molecule has 0 aliphatic heterocycles. The second-order valence-electron chi connectivity index (χ2n) is 9.30. The Bertz CT molecular complexity index is 1100. The highest BCUT2D eigenvalue weighted by Gasteiger charge is 2.42. The molecule has 1 aromatic heterocycles. The fourth-order valence-electron chi connectivity index (χ4n) is 4.31. The van der Waals surface area contributed by atoms with Crippen LogP contribution >= 0.6 is 0 Å². The number of amides is 1. The highest BCUT2D eigenvalue weighted by atomic mass is 16.6. The monoisotopic (exact) mass is 454 g/mol. The van der Waals surface area contributed by atoms with Crippen molar-refractivity contribution in [2.45, 2.75) is 38.5 Å². The topological polar surface area (TPSA) is 47.1 Å². The van der Waals surface area contributed by atoms with Gasteiger partial charge in [0.2, 0.25) is 6.33 Å². The van der Waals surface area contributed by atoms with Gasteiger partial charge in [-0.15, -0.1) is 0 Å². The van der Waals surface area contributed by atoms with Crippen LogP contribution < -0.4 is 9.88 Å². The fraction of sp³-hybridized carbons (Fsp3) is 0.241. The Morgan fingerprint density at radius 2 is 1.29 bits per heavy atom. The summed E-state index contributed by atoms with van der Waals surface area (Å²) in [5.41, 5.74) is 2.44. The summed E-state index contributed by atoms with van der Waals surface area (Å²) >= 11 is 0. The van der Waals surface area contributed by atoms with Gasteiger partial charge in [-0.05, 0) is 20.8 Å². The number of carbonyl (C=O) groups excluding carboxylic acids is 1. The first-order chi connectivity index (χ1) is 16.4. The summed E-state index contributed by atoms with van der Waals surface area (Å²) in [6.07, 6.45) is 5.84. The molecule has 0 saturated carbocycles. The first-order valence-electron chi connectivity index (χ1n) is 11.6. The van der Waals surface area contributed by atoms with Gasteiger partial charge < -0.3 is 10.1 Å². The van der Waals surface area contributed by atoms with E-state index in [4.69, 9.17) is 4.74 Å². The van der Waals surface area contributed by atoms with Crippen molar-refractivity contribution in [3.05, 3.63) is 126 Å². The lowest BCUT2D eigenvalue weighted by atomic mass is 9.77. The van der Waals surface area contributed by atoms with Gasteiger partial charge in [-0.3, -0.25) is 0 Å². The molecule has 0 fully saturated rings. The highest BCUT2D eigenvalue weighted by Crippen LogP contribution is 2.40. The second-order valence-corrected chi connectivity index (χ2v) is 9.30. The first-order valence-corrected chi connectivity index (χ1v) is 11.6. The number of hydrogen-bond donors (Lipinski definition) is 1. The lowest BCUT2D eigenvalue weighted by Gasteiger charge is -2.32. The van der Waals surface area contributed by atoms with Crippen molar-refractivity contribution in [3.63, 3.8) is 0 Å². The van der Waals surface area contributed by atoms with Crippen LogP contribution in [0.5, 0.6) is 0 Å². The molecule has 0 radical (unpaired) electrons. The average Bonchev–Trinajstić information content (AvgIpc) is 3.30. The third-order valence-electron chi connectivity index (χ3n) is 5.69. The smallest absolute Gasteiger partial charge is 0.407 e. The summed E-state index contributed by atoms with van der Waals surface area (Å²) in [5, 5.41) is 2.84. The minimum atomic E-state index is -0.548. The number of carbonyl (C=O) groups is 1. The molecule has 0 unspecified atom stereocenters. The van der Waals surface area contributed by atoms with Gasteiger partial charge in [-0.1, -0.05) is 91.0 Å². The Hall–Kier alpha value is -3.86. The molecular formula is C29H32N3O2+. The van der Waals surface area contributed by atoms with Crippen LogP contribution in [0.3, 0.4) is 0 Å².